The smallest absolute Gasteiger partial charge is 0.331 e. The van der Waals surface area contributed by atoms with Crippen LogP contribution in [0.5, 0.6) is 0 Å². The fraction of sp³-hybridized carbons (Fsp3) is 0.267. The van der Waals surface area contributed by atoms with Crippen LogP contribution >= 0.6 is 11.8 Å². The number of carbonyl (C=O) groups excluding carboxylic acids is 2. The molecule has 1 aromatic carbocycles. The molecular weight excluding hydrogens is 304 g/mol. The van der Waals surface area contributed by atoms with Crippen LogP contribution in [-0.2, 0) is 19.1 Å². The van der Waals surface area contributed by atoms with Gasteiger partial charge in [0.05, 0.1) is 30.9 Å². The number of para-hydroxylation sites is 1. The molecule has 1 aliphatic heterocycles. The molecule has 7 heteroatoms. The number of methoxy groups -OCH3 is 2. The van der Waals surface area contributed by atoms with Crippen molar-refractivity contribution < 1.29 is 19.1 Å². The SMILES string of the molecule is COCCN1C(=O)/C(=C/C(=O)OC)SC1=Nc1ccccc1. The molecule has 0 atom stereocenters. The maximum absolute atomic E-state index is 12.4. The van der Waals surface area contributed by atoms with Crippen LogP contribution in [0.25, 0.3) is 0 Å². The maximum atomic E-state index is 12.4. The summed E-state index contributed by atoms with van der Waals surface area (Å²) in [7, 11) is 2.83. The summed E-state index contributed by atoms with van der Waals surface area (Å²) in [5, 5.41) is 0.517. The lowest BCUT2D eigenvalue weighted by Crippen LogP contribution is -2.32. The van der Waals surface area contributed by atoms with Gasteiger partial charge in [0, 0.05) is 13.2 Å². The van der Waals surface area contributed by atoms with E-state index in [0.29, 0.717) is 18.3 Å². The fourth-order valence-corrected chi connectivity index (χ4v) is 2.73. The third kappa shape index (κ3) is 3.96. The first-order valence-corrected chi connectivity index (χ1v) is 7.39. The summed E-state index contributed by atoms with van der Waals surface area (Å²) in [6.07, 6.45) is 1.18. The van der Waals surface area contributed by atoms with E-state index in [9.17, 15) is 9.59 Å². The molecular formula is C15H16N2O4S. The molecule has 0 saturated carbocycles. The lowest BCUT2D eigenvalue weighted by atomic mass is 10.3. The monoisotopic (exact) mass is 320 g/mol. The molecule has 0 aromatic heterocycles. The summed E-state index contributed by atoms with van der Waals surface area (Å²) in [5.41, 5.74) is 0.736. The largest absolute Gasteiger partial charge is 0.466 e. The van der Waals surface area contributed by atoms with Crippen LogP contribution in [0.1, 0.15) is 0 Å². The van der Waals surface area contributed by atoms with Crippen molar-refractivity contribution in [1.29, 1.82) is 0 Å². The predicted molar refractivity (Wildman–Crippen MR) is 84.8 cm³/mol. The first kappa shape index (κ1) is 16.3. The van der Waals surface area contributed by atoms with Crippen LogP contribution in [0, 0.1) is 0 Å². The van der Waals surface area contributed by atoms with Gasteiger partial charge >= 0.3 is 5.97 Å². The predicted octanol–water partition coefficient (Wildman–Crippen LogP) is 1.95. The number of nitrogens with zero attached hydrogens (tertiary/aromatic N) is 2. The Bertz CT molecular complexity index is 613. The molecule has 22 heavy (non-hydrogen) atoms. The van der Waals surface area contributed by atoms with E-state index in [1.807, 2.05) is 30.3 Å². The van der Waals surface area contributed by atoms with Crippen LogP contribution < -0.4 is 0 Å². The van der Waals surface area contributed by atoms with E-state index in [4.69, 9.17) is 4.74 Å². The van der Waals surface area contributed by atoms with Gasteiger partial charge < -0.3 is 9.47 Å². The Balaban J connectivity index is 2.30. The summed E-state index contributed by atoms with van der Waals surface area (Å²) in [6, 6.07) is 9.31. The number of amides is 1. The van der Waals surface area contributed by atoms with Crippen LogP contribution in [0.3, 0.4) is 0 Å². The van der Waals surface area contributed by atoms with E-state index < -0.39 is 5.97 Å². The van der Waals surface area contributed by atoms with Crippen molar-refractivity contribution in [2.75, 3.05) is 27.4 Å². The lowest BCUT2D eigenvalue weighted by molar-refractivity contribution is -0.135. The quantitative estimate of drug-likeness (QED) is 0.613. The second-order valence-corrected chi connectivity index (χ2v) is 5.32. The summed E-state index contributed by atoms with van der Waals surface area (Å²) < 4.78 is 9.59. The van der Waals surface area contributed by atoms with Crippen LogP contribution in [0.2, 0.25) is 0 Å². The zero-order chi connectivity index (χ0) is 15.9. The Morgan fingerprint density at radius 3 is 2.68 bits per heavy atom. The molecule has 0 N–H and O–H groups in total. The Labute approximate surface area is 132 Å². The van der Waals surface area contributed by atoms with Gasteiger partial charge in [-0.25, -0.2) is 9.79 Å². The third-order valence-corrected chi connectivity index (χ3v) is 3.84. The number of hydrogen-bond donors (Lipinski definition) is 0. The highest BCUT2D eigenvalue weighted by molar-refractivity contribution is 8.18. The second-order valence-electron chi connectivity index (χ2n) is 4.31. The van der Waals surface area contributed by atoms with Gasteiger partial charge in [0.25, 0.3) is 5.91 Å². The average molecular weight is 320 g/mol. The van der Waals surface area contributed by atoms with Gasteiger partial charge in [0.1, 0.15) is 0 Å². The summed E-state index contributed by atoms with van der Waals surface area (Å²) in [6.45, 7) is 0.748. The summed E-state index contributed by atoms with van der Waals surface area (Å²) in [4.78, 5) is 30.0. The number of benzene rings is 1. The van der Waals surface area contributed by atoms with Gasteiger partial charge in [-0.3, -0.25) is 9.69 Å². The van der Waals surface area contributed by atoms with Gasteiger partial charge in [-0.1, -0.05) is 18.2 Å². The van der Waals surface area contributed by atoms with E-state index in [-0.39, 0.29) is 10.8 Å². The van der Waals surface area contributed by atoms with Crippen LogP contribution in [0.15, 0.2) is 46.3 Å². The van der Waals surface area contributed by atoms with Gasteiger partial charge in [0.15, 0.2) is 5.17 Å². The fourth-order valence-electron chi connectivity index (χ4n) is 1.75. The number of hydrogen-bond acceptors (Lipinski definition) is 6. The summed E-state index contributed by atoms with van der Waals surface area (Å²) in [5.74, 6) is -0.842. The van der Waals surface area contributed by atoms with E-state index >= 15 is 0 Å². The normalized spacial score (nSPS) is 18.3. The molecule has 0 spiro atoms. The molecule has 1 aliphatic rings. The molecule has 1 amide bonds. The minimum absolute atomic E-state index is 0.276. The highest BCUT2D eigenvalue weighted by Crippen LogP contribution is 2.32. The van der Waals surface area contributed by atoms with Crippen molar-refractivity contribution in [2.45, 2.75) is 0 Å². The molecule has 2 rings (SSSR count). The standard InChI is InChI=1S/C15H16N2O4S/c1-20-9-8-17-14(19)12(10-13(18)21-2)22-15(17)16-11-6-4-3-5-7-11/h3-7,10H,8-9H2,1-2H3/b12-10-,16-15?. The Kier molecular flexibility index (Phi) is 5.74. The van der Waals surface area contributed by atoms with Gasteiger partial charge in [0.2, 0.25) is 0 Å². The lowest BCUT2D eigenvalue weighted by Gasteiger charge is -2.14. The highest BCUT2D eigenvalue weighted by Gasteiger charge is 2.33. The number of amidine groups is 1. The number of ether oxygens (including phenoxy) is 2. The maximum Gasteiger partial charge on any atom is 0.331 e. The van der Waals surface area contributed by atoms with Gasteiger partial charge in [-0.15, -0.1) is 0 Å². The van der Waals surface area contributed by atoms with E-state index in [1.54, 1.807) is 7.11 Å². The molecule has 6 nitrogen and oxygen atoms in total. The van der Waals surface area contributed by atoms with Crippen molar-refractivity contribution in [2.24, 2.45) is 4.99 Å². The number of rotatable bonds is 5. The molecule has 0 radical (unpaired) electrons. The molecule has 1 saturated heterocycles. The Morgan fingerprint density at radius 1 is 1.32 bits per heavy atom. The highest BCUT2D eigenvalue weighted by atomic mass is 32.2. The van der Waals surface area contributed by atoms with Crippen LogP contribution in [-0.4, -0.2) is 49.3 Å². The zero-order valence-corrected chi connectivity index (χ0v) is 13.1. The Morgan fingerprint density at radius 2 is 2.05 bits per heavy atom. The van der Waals surface area contributed by atoms with E-state index in [1.165, 1.54) is 18.1 Å². The number of carbonyl (C=O) groups is 2. The molecule has 0 bridgehead atoms. The summed E-state index contributed by atoms with van der Waals surface area (Å²) >= 11 is 1.15. The van der Waals surface area contributed by atoms with Crippen molar-refractivity contribution >= 4 is 34.5 Å². The van der Waals surface area contributed by atoms with Gasteiger partial charge in [-0.05, 0) is 23.9 Å². The van der Waals surface area contributed by atoms with E-state index in [0.717, 1.165) is 17.4 Å². The average Bonchev–Trinajstić information content (AvgIpc) is 2.81. The number of aliphatic imine (C=N–C) groups is 1. The van der Waals surface area contributed by atoms with Crippen molar-refractivity contribution in [1.82, 2.24) is 4.90 Å². The molecule has 0 aliphatic carbocycles. The van der Waals surface area contributed by atoms with Crippen molar-refractivity contribution in [3.63, 3.8) is 0 Å². The van der Waals surface area contributed by atoms with Crippen molar-refractivity contribution in [3.8, 4) is 0 Å². The zero-order valence-electron chi connectivity index (χ0n) is 12.3. The second kappa shape index (κ2) is 7.77. The van der Waals surface area contributed by atoms with E-state index in [2.05, 4.69) is 9.73 Å². The minimum Gasteiger partial charge on any atom is -0.466 e. The first-order chi connectivity index (χ1) is 10.7. The molecule has 1 aromatic rings. The molecule has 1 fully saturated rings. The third-order valence-electron chi connectivity index (χ3n) is 2.84. The van der Waals surface area contributed by atoms with Crippen molar-refractivity contribution in [3.05, 3.63) is 41.3 Å². The topological polar surface area (TPSA) is 68.2 Å². The first-order valence-electron chi connectivity index (χ1n) is 6.57. The van der Waals surface area contributed by atoms with Gasteiger partial charge in [-0.2, -0.15) is 0 Å². The molecule has 0 unspecified atom stereocenters. The number of esters is 1. The minimum atomic E-state index is -0.566. The molecule has 116 valence electrons. The number of thioether (sulfide) groups is 1. The Hall–Kier alpha value is -2.12. The van der Waals surface area contributed by atoms with Crippen LogP contribution in [0.4, 0.5) is 5.69 Å². The molecule has 1 heterocycles.